The van der Waals surface area contributed by atoms with Crippen LogP contribution in [0.2, 0.25) is 0 Å². The van der Waals surface area contributed by atoms with Gasteiger partial charge in [-0.2, -0.15) is 13.2 Å². The lowest BCUT2D eigenvalue weighted by molar-refractivity contribution is -0.209. The van der Waals surface area contributed by atoms with E-state index in [2.05, 4.69) is 11.7 Å². The maximum atomic E-state index is 11.9. The highest BCUT2D eigenvalue weighted by Gasteiger charge is 2.39. The Kier molecular flexibility index (Phi) is 8.79. The fourth-order valence-electron chi connectivity index (χ4n) is 1.40. The molecule has 0 heterocycles. The van der Waals surface area contributed by atoms with Crippen molar-refractivity contribution in [2.24, 2.45) is 0 Å². The molecule has 3 nitrogen and oxygen atoms in total. The SMILES string of the molecule is CCCCCCCCOC(=O)C[C@@H](O)C(F)(F)F. The number of esters is 1. The van der Waals surface area contributed by atoms with Gasteiger partial charge in [-0.15, -0.1) is 0 Å². The molecule has 0 unspecified atom stereocenters. The van der Waals surface area contributed by atoms with Gasteiger partial charge in [0.1, 0.15) is 0 Å². The van der Waals surface area contributed by atoms with E-state index in [1.165, 1.54) is 0 Å². The van der Waals surface area contributed by atoms with Crippen molar-refractivity contribution < 1.29 is 27.8 Å². The molecule has 0 aliphatic heterocycles. The van der Waals surface area contributed by atoms with Gasteiger partial charge in [0.15, 0.2) is 6.10 Å². The van der Waals surface area contributed by atoms with E-state index in [1.807, 2.05) is 0 Å². The van der Waals surface area contributed by atoms with Crippen molar-refractivity contribution in [2.75, 3.05) is 6.61 Å². The second kappa shape index (κ2) is 9.19. The van der Waals surface area contributed by atoms with Gasteiger partial charge in [-0.05, 0) is 6.42 Å². The molecule has 0 aromatic rings. The minimum atomic E-state index is -4.76. The first kappa shape index (κ1) is 17.2. The molecule has 0 spiro atoms. The van der Waals surface area contributed by atoms with E-state index in [1.54, 1.807) is 0 Å². The number of aliphatic hydroxyl groups is 1. The quantitative estimate of drug-likeness (QED) is 0.517. The van der Waals surface area contributed by atoms with Crippen molar-refractivity contribution in [1.29, 1.82) is 0 Å². The minimum Gasteiger partial charge on any atom is -0.466 e. The Labute approximate surface area is 105 Å². The van der Waals surface area contributed by atoms with E-state index in [0.29, 0.717) is 6.42 Å². The molecule has 0 aliphatic rings. The summed E-state index contributed by atoms with van der Waals surface area (Å²) in [5, 5.41) is 8.63. The molecular weight excluding hydrogens is 249 g/mol. The van der Waals surface area contributed by atoms with Crippen LogP contribution in [-0.2, 0) is 9.53 Å². The summed E-state index contributed by atoms with van der Waals surface area (Å²) in [6.45, 7) is 2.23. The van der Waals surface area contributed by atoms with Crippen molar-refractivity contribution in [3.05, 3.63) is 0 Å². The minimum absolute atomic E-state index is 0.121. The predicted octanol–water partition coefficient (Wildman–Crippen LogP) is 3.20. The van der Waals surface area contributed by atoms with E-state index in [-0.39, 0.29) is 6.61 Å². The topological polar surface area (TPSA) is 46.5 Å². The molecule has 0 aromatic heterocycles. The van der Waals surface area contributed by atoms with Gasteiger partial charge in [0.2, 0.25) is 0 Å². The van der Waals surface area contributed by atoms with Crippen LogP contribution in [0.15, 0.2) is 0 Å². The average Bonchev–Trinajstić information content (AvgIpc) is 2.26. The third-order valence-corrected chi connectivity index (χ3v) is 2.50. The summed E-state index contributed by atoms with van der Waals surface area (Å²) in [6, 6.07) is 0. The molecule has 18 heavy (non-hydrogen) atoms. The van der Waals surface area contributed by atoms with Crippen LogP contribution in [0.4, 0.5) is 13.2 Å². The molecule has 0 radical (unpaired) electrons. The molecule has 0 amide bonds. The maximum absolute atomic E-state index is 11.9. The molecule has 108 valence electrons. The zero-order valence-electron chi connectivity index (χ0n) is 10.6. The van der Waals surface area contributed by atoms with Crippen molar-refractivity contribution in [2.45, 2.75) is 64.1 Å². The summed E-state index contributed by atoms with van der Waals surface area (Å²) in [5.41, 5.74) is 0. The van der Waals surface area contributed by atoms with Gasteiger partial charge in [-0.25, -0.2) is 0 Å². The van der Waals surface area contributed by atoms with E-state index in [0.717, 1.165) is 32.1 Å². The van der Waals surface area contributed by atoms with Crippen molar-refractivity contribution in [3.63, 3.8) is 0 Å². The first-order valence-corrected chi connectivity index (χ1v) is 6.28. The first-order chi connectivity index (χ1) is 8.38. The predicted molar refractivity (Wildman–Crippen MR) is 61.0 cm³/mol. The Bertz CT molecular complexity index is 229. The Hall–Kier alpha value is -0.780. The van der Waals surface area contributed by atoms with Gasteiger partial charge < -0.3 is 9.84 Å². The molecule has 0 rings (SSSR count). The van der Waals surface area contributed by atoms with Crippen molar-refractivity contribution >= 4 is 5.97 Å². The van der Waals surface area contributed by atoms with Crippen LogP contribution < -0.4 is 0 Å². The van der Waals surface area contributed by atoms with E-state index in [9.17, 15) is 18.0 Å². The molecular formula is C12H21F3O3. The zero-order chi connectivity index (χ0) is 14.0. The summed E-state index contributed by atoms with van der Waals surface area (Å²) in [6.07, 6.45) is -2.41. The molecule has 0 saturated carbocycles. The number of ether oxygens (including phenoxy) is 1. The lowest BCUT2D eigenvalue weighted by atomic mass is 10.1. The summed E-state index contributed by atoms with van der Waals surface area (Å²) in [7, 11) is 0. The van der Waals surface area contributed by atoms with Crippen LogP contribution in [0.25, 0.3) is 0 Å². The van der Waals surface area contributed by atoms with Crippen LogP contribution in [-0.4, -0.2) is 30.0 Å². The number of carbonyl (C=O) groups is 1. The molecule has 0 bridgehead atoms. The van der Waals surface area contributed by atoms with Gasteiger partial charge >= 0.3 is 12.1 Å². The fraction of sp³-hybridized carbons (Fsp3) is 0.917. The number of alkyl halides is 3. The van der Waals surface area contributed by atoms with Crippen molar-refractivity contribution in [1.82, 2.24) is 0 Å². The summed E-state index contributed by atoms with van der Waals surface area (Å²) in [4.78, 5) is 11.0. The third-order valence-electron chi connectivity index (χ3n) is 2.50. The highest BCUT2D eigenvalue weighted by molar-refractivity contribution is 5.70. The molecule has 1 N–H and O–H groups in total. The second-order valence-electron chi connectivity index (χ2n) is 4.25. The Morgan fingerprint density at radius 2 is 1.72 bits per heavy atom. The van der Waals surface area contributed by atoms with E-state index < -0.39 is 24.7 Å². The van der Waals surface area contributed by atoms with Crippen LogP contribution in [0.5, 0.6) is 0 Å². The summed E-state index contributed by atoms with van der Waals surface area (Å²) in [5.74, 6) is -1.01. The Balaban J connectivity index is 3.48. The molecule has 6 heteroatoms. The second-order valence-corrected chi connectivity index (χ2v) is 4.25. The van der Waals surface area contributed by atoms with Gasteiger partial charge in [0.05, 0.1) is 13.0 Å². The molecule has 0 saturated heterocycles. The van der Waals surface area contributed by atoms with Crippen LogP contribution in [0, 0.1) is 0 Å². The average molecular weight is 270 g/mol. The van der Waals surface area contributed by atoms with Crippen LogP contribution in [0.1, 0.15) is 51.9 Å². The van der Waals surface area contributed by atoms with Crippen molar-refractivity contribution in [3.8, 4) is 0 Å². The largest absolute Gasteiger partial charge is 0.466 e. The number of rotatable bonds is 9. The lowest BCUT2D eigenvalue weighted by Gasteiger charge is -2.13. The number of hydrogen-bond acceptors (Lipinski definition) is 3. The highest BCUT2D eigenvalue weighted by Crippen LogP contribution is 2.22. The van der Waals surface area contributed by atoms with Gasteiger partial charge in [0.25, 0.3) is 0 Å². The number of hydrogen-bond donors (Lipinski definition) is 1. The van der Waals surface area contributed by atoms with Gasteiger partial charge in [0, 0.05) is 0 Å². The van der Waals surface area contributed by atoms with Gasteiger partial charge in [-0.1, -0.05) is 39.0 Å². The molecule has 1 atom stereocenters. The first-order valence-electron chi connectivity index (χ1n) is 6.28. The lowest BCUT2D eigenvalue weighted by Crippen LogP contribution is -2.31. The Morgan fingerprint density at radius 3 is 2.28 bits per heavy atom. The number of carbonyl (C=O) groups excluding carboxylic acids is 1. The number of halogens is 3. The maximum Gasteiger partial charge on any atom is 0.414 e. The normalized spacial score (nSPS) is 13.4. The standard InChI is InChI=1S/C12H21F3O3/c1-2-3-4-5-6-7-8-18-11(17)9-10(16)12(13,14)15/h10,16H,2-9H2,1H3/t10-/m1/s1. The highest BCUT2D eigenvalue weighted by atomic mass is 19.4. The molecule has 0 fully saturated rings. The Morgan fingerprint density at radius 1 is 1.17 bits per heavy atom. The monoisotopic (exact) mass is 270 g/mol. The fourth-order valence-corrected chi connectivity index (χ4v) is 1.40. The van der Waals surface area contributed by atoms with E-state index in [4.69, 9.17) is 5.11 Å². The smallest absolute Gasteiger partial charge is 0.414 e. The van der Waals surface area contributed by atoms with E-state index >= 15 is 0 Å². The van der Waals surface area contributed by atoms with Gasteiger partial charge in [-0.3, -0.25) is 4.79 Å². The summed E-state index contributed by atoms with van der Waals surface area (Å²) >= 11 is 0. The zero-order valence-corrected chi connectivity index (χ0v) is 10.6. The number of unbranched alkanes of at least 4 members (excludes halogenated alkanes) is 5. The van der Waals surface area contributed by atoms with Crippen LogP contribution >= 0.6 is 0 Å². The molecule has 0 aliphatic carbocycles. The number of aliphatic hydroxyl groups excluding tert-OH is 1. The van der Waals surface area contributed by atoms with Crippen LogP contribution in [0.3, 0.4) is 0 Å². The summed E-state index contributed by atoms with van der Waals surface area (Å²) < 4.78 is 40.4. The third kappa shape index (κ3) is 9.27. The molecule has 0 aromatic carbocycles.